The molecular weight excluding hydrogens is 355 g/mol. The summed E-state index contributed by atoms with van der Waals surface area (Å²) in [4.78, 5) is 27.3. The number of fused-ring (bicyclic) bond motifs is 5. The number of benzene rings is 1. The number of anilines is 3. The Balaban J connectivity index is 1.48. The van der Waals surface area contributed by atoms with E-state index < -0.39 is 18.0 Å². The molecule has 0 bridgehead atoms. The summed E-state index contributed by atoms with van der Waals surface area (Å²) in [6.07, 6.45) is 1.96. The minimum Gasteiger partial charge on any atom is -0.442 e. The van der Waals surface area contributed by atoms with Gasteiger partial charge in [-0.1, -0.05) is 5.16 Å². The van der Waals surface area contributed by atoms with Gasteiger partial charge in [0, 0.05) is 25.6 Å². The molecule has 0 unspecified atom stereocenters. The largest absolute Gasteiger partial charge is 0.442 e. The van der Waals surface area contributed by atoms with Crippen molar-refractivity contribution in [3.8, 4) is 0 Å². The van der Waals surface area contributed by atoms with Gasteiger partial charge < -0.3 is 19.5 Å². The molecule has 140 valence electrons. The number of ether oxygens (including phenoxy) is 1. The van der Waals surface area contributed by atoms with Gasteiger partial charge >= 0.3 is 6.09 Å². The highest BCUT2D eigenvalue weighted by Gasteiger charge is 2.49. The Hall–Kier alpha value is -3.10. The Kier molecular flexibility index (Phi) is 3.40. The van der Waals surface area contributed by atoms with Crippen molar-refractivity contribution in [2.45, 2.75) is 31.4 Å². The molecule has 0 aliphatic carbocycles. The smallest absolute Gasteiger partial charge is 0.415 e. The van der Waals surface area contributed by atoms with Gasteiger partial charge in [-0.25, -0.2) is 9.18 Å². The van der Waals surface area contributed by atoms with Gasteiger partial charge in [0.1, 0.15) is 18.2 Å². The van der Waals surface area contributed by atoms with Gasteiger partial charge in [0.25, 0.3) is 0 Å². The van der Waals surface area contributed by atoms with Crippen LogP contribution < -0.4 is 15.1 Å². The molecule has 1 aromatic carbocycles. The second-order valence-corrected chi connectivity index (χ2v) is 6.97. The zero-order valence-corrected chi connectivity index (χ0v) is 14.6. The van der Waals surface area contributed by atoms with E-state index in [1.54, 1.807) is 13.1 Å². The molecule has 27 heavy (non-hydrogen) atoms. The standard InChI is InChI=1S/C18H17FN4O4/c1-22-16(24)3-2-9-10-6-13-14(8-20-15-4-5-26-21-15)27-18(25)23(13)12(10)7-11(19)17(9)22/h4-5,7,13-14H,2-3,6,8H2,1H3,(H,20,21)/t13-,14-/m0/s1. The maximum atomic E-state index is 14.8. The fourth-order valence-corrected chi connectivity index (χ4v) is 4.28. The van der Waals surface area contributed by atoms with Crippen LogP contribution in [0, 0.1) is 5.82 Å². The van der Waals surface area contributed by atoms with E-state index in [-0.39, 0.29) is 11.9 Å². The molecule has 2 atom stereocenters. The predicted molar refractivity (Wildman–Crippen MR) is 93.4 cm³/mol. The van der Waals surface area contributed by atoms with Crippen LogP contribution in [-0.2, 0) is 22.4 Å². The summed E-state index contributed by atoms with van der Waals surface area (Å²) in [6.45, 7) is 0.372. The lowest BCUT2D eigenvalue weighted by atomic mass is 9.92. The number of halogens is 1. The van der Waals surface area contributed by atoms with E-state index in [1.807, 2.05) is 0 Å². The van der Waals surface area contributed by atoms with Crippen LogP contribution in [0.15, 0.2) is 22.9 Å². The quantitative estimate of drug-likeness (QED) is 0.888. The average molecular weight is 372 g/mol. The summed E-state index contributed by atoms with van der Waals surface area (Å²) in [5, 5.41) is 6.86. The third-order valence-corrected chi connectivity index (χ3v) is 5.55. The zero-order chi connectivity index (χ0) is 18.7. The molecule has 4 heterocycles. The van der Waals surface area contributed by atoms with Gasteiger partial charge in [-0.2, -0.15) is 0 Å². The molecule has 8 nitrogen and oxygen atoms in total. The topological polar surface area (TPSA) is 87.9 Å². The summed E-state index contributed by atoms with van der Waals surface area (Å²) in [7, 11) is 1.59. The fourth-order valence-electron chi connectivity index (χ4n) is 4.28. The first-order chi connectivity index (χ1) is 13.0. The molecule has 0 radical (unpaired) electrons. The van der Waals surface area contributed by atoms with E-state index in [0.717, 1.165) is 11.1 Å². The minimum atomic E-state index is -0.489. The van der Waals surface area contributed by atoms with Crippen molar-refractivity contribution in [2.75, 3.05) is 28.7 Å². The number of carbonyl (C=O) groups excluding carboxylic acids is 2. The average Bonchev–Trinajstić information content (AvgIpc) is 3.34. The Morgan fingerprint density at radius 3 is 2.96 bits per heavy atom. The predicted octanol–water partition coefficient (Wildman–Crippen LogP) is 2.08. The number of nitrogens with one attached hydrogen (secondary N) is 1. The van der Waals surface area contributed by atoms with Gasteiger partial charge in [0.2, 0.25) is 5.91 Å². The van der Waals surface area contributed by atoms with Gasteiger partial charge in [-0.05, 0) is 24.0 Å². The third kappa shape index (κ3) is 2.30. The maximum Gasteiger partial charge on any atom is 0.415 e. The van der Waals surface area contributed by atoms with Crippen molar-refractivity contribution in [3.63, 3.8) is 0 Å². The van der Waals surface area contributed by atoms with Gasteiger partial charge in [0.15, 0.2) is 5.82 Å². The molecule has 0 saturated carbocycles. The number of nitrogens with zero attached hydrogens (tertiary/aromatic N) is 3. The van der Waals surface area contributed by atoms with E-state index >= 15 is 0 Å². The number of hydrogen-bond acceptors (Lipinski definition) is 6. The summed E-state index contributed by atoms with van der Waals surface area (Å²) in [5.74, 6) is -0.0329. The summed E-state index contributed by atoms with van der Waals surface area (Å²) in [6, 6.07) is 2.80. The molecular formula is C18H17FN4O4. The van der Waals surface area contributed by atoms with E-state index in [9.17, 15) is 14.0 Å². The van der Waals surface area contributed by atoms with Gasteiger partial charge in [0.05, 0.1) is 24.0 Å². The third-order valence-electron chi connectivity index (χ3n) is 5.55. The Morgan fingerprint density at radius 2 is 2.19 bits per heavy atom. The Morgan fingerprint density at radius 1 is 1.33 bits per heavy atom. The molecule has 2 aromatic rings. The molecule has 3 aliphatic rings. The first-order valence-electron chi connectivity index (χ1n) is 8.79. The van der Waals surface area contributed by atoms with Crippen molar-refractivity contribution in [1.82, 2.24) is 5.16 Å². The molecule has 3 aliphatic heterocycles. The number of rotatable bonds is 3. The van der Waals surface area contributed by atoms with Crippen LogP contribution in [-0.4, -0.2) is 42.9 Å². The molecule has 5 rings (SSSR count). The Labute approximate surface area is 153 Å². The van der Waals surface area contributed by atoms with Gasteiger partial charge in [-0.15, -0.1) is 0 Å². The van der Waals surface area contributed by atoms with Crippen LogP contribution in [0.1, 0.15) is 17.5 Å². The van der Waals surface area contributed by atoms with Crippen molar-refractivity contribution in [1.29, 1.82) is 0 Å². The second kappa shape index (κ2) is 5.70. The molecule has 1 aromatic heterocycles. The van der Waals surface area contributed by atoms with E-state index in [2.05, 4.69) is 10.5 Å². The Bertz CT molecular complexity index is 945. The summed E-state index contributed by atoms with van der Waals surface area (Å²) in [5.41, 5.74) is 2.63. The minimum absolute atomic E-state index is 0.103. The lowest BCUT2D eigenvalue weighted by Gasteiger charge is -2.28. The van der Waals surface area contributed by atoms with Crippen molar-refractivity contribution in [2.24, 2.45) is 0 Å². The number of aromatic nitrogens is 1. The maximum absolute atomic E-state index is 14.8. The summed E-state index contributed by atoms with van der Waals surface area (Å²) < 4.78 is 25.0. The lowest BCUT2D eigenvalue weighted by Crippen LogP contribution is -2.36. The van der Waals surface area contributed by atoms with E-state index in [0.29, 0.717) is 43.0 Å². The highest BCUT2D eigenvalue weighted by Crippen LogP contribution is 2.45. The van der Waals surface area contributed by atoms with Crippen LogP contribution in [0.25, 0.3) is 0 Å². The molecule has 1 fully saturated rings. The van der Waals surface area contributed by atoms with E-state index in [1.165, 1.54) is 22.1 Å². The molecule has 2 amide bonds. The highest BCUT2D eigenvalue weighted by molar-refractivity contribution is 5.99. The lowest BCUT2D eigenvalue weighted by molar-refractivity contribution is -0.118. The van der Waals surface area contributed by atoms with Crippen molar-refractivity contribution < 1.29 is 23.2 Å². The van der Waals surface area contributed by atoms with Crippen molar-refractivity contribution in [3.05, 3.63) is 35.3 Å². The number of cyclic esters (lactones) is 1. The van der Waals surface area contributed by atoms with Crippen LogP contribution >= 0.6 is 0 Å². The van der Waals surface area contributed by atoms with Gasteiger partial charge in [-0.3, -0.25) is 9.69 Å². The highest BCUT2D eigenvalue weighted by atomic mass is 19.1. The molecule has 1 N–H and O–H groups in total. The van der Waals surface area contributed by atoms with Crippen LogP contribution in [0.2, 0.25) is 0 Å². The summed E-state index contributed by atoms with van der Waals surface area (Å²) >= 11 is 0. The monoisotopic (exact) mass is 372 g/mol. The van der Waals surface area contributed by atoms with Crippen molar-refractivity contribution >= 4 is 29.2 Å². The first-order valence-corrected chi connectivity index (χ1v) is 8.79. The molecule has 0 spiro atoms. The second-order valence-electron chi connectivity index (χ2n) is 6.97. The van der Waals surface area contributed by atoms with E-state index in [4.69, 9.17) is 9.26 Å². The zero-order valence-electron chi connectivity index (χ0n) is 14.6. The first kappa shape index (κ1) is 16.1. The number of amides is 2. The number of carbonyl (C=O) groups is 2. The molecule has 9 heteroatoms. The fraction of sp³-hybridized carbons (Fsp3) is 0.389. The SMILES string of the molecule is CN1C(=O)CCc2c3c(cc(F)c21)N1C(=O)O[C@@H](CNc2ccon2)[C@@H]1C3. The van der Waals surface area contributed by atoms with Crippen LogP contribution in [0.4, 0.5) is 26.4 Å². The molecule has 1 saturated heterocycles. The van der Waals surface area contributed by atoms with Crippen LogP contribution in [0.5, 0.6) is 0 Å². The normalized spacial score (nSPS) is 23.2. The van der Waals surface area contributed by atoms with Crippen LogP contribution in [0.3, 0.4) is 0 Å². The number of hydrogen-bond donors (Lipinski definition) is 1.